The molecule has 0 bridgehead atoms. The highest BCUT2D eigenvalue weighted by atomic mass is 35.5. The minimum absolute atomic E-state index is 0.143. The zero-order valence-corrected chi connectivity index (χ0v) is 10.6. The van der Waals surface area contributed by atoms with Gasteiger partial charge in [0.25, 0.3) is 0 Å². The second-order valence-corrected chi connectivity index (χ2v) is 5.17. The zero-order chi connectivity index (χ0) is 12.5. The molecule has 0 amide bonds. The van der Waals surface area contributed by atoms with Crippen LogP contribution in [0.2, 0.25) is 5.02 Å². The summed E-state index contributed by atoms with van der Waals surface area (Å²) in [6.07, 6.45) is 5.19. The van der Waals surface area contributed by atoms with Crippen LogP contribution in [0.3, 0.4) is 0 Å². The summed E-state index contributed by atoms with van der Waals surface area (Å²) in [6, 6.07) is 3.98. The Kier molecular flexibility index (Phi) is 3.09. The number of aliphatic hydroxyl groups excluding tert-OH is 1. The van der Waals surface area contributed by atoms with E-state index in [1.54, 1.807) is 16.8 Å². The van der Waals surface area contributed by atoms with E-state index < -0.39 is 0 Å². The van der Waals surface area contributed by atoms with Crippen molar-refractivity contribution in [3.8, 4) is 0 Å². The third-order valence-corrected chi connectivity index (χ3v) is 3.55. The van der Waals surface area contributed by atoms with E-state index in [1.807, 2.05) is 6.07 Å². The number of fused-ring (bicyclic) bond motifs is 1. The Hall–Kier alpha value is -1.33. The van der Waals surface area contributed by atoms with E-state index in [1.165, 1.54) is 0 Å². The lowest BCUT2D eigenvalue weighted by Crippen LogP contribution is -2.28. The smallest absolute Gasteiger partial charge is 0.243 e. The molecule has 1 aliphatic carbocycles. The Morgan fingerprint density at radius 1 is 1.28 bits per heavy atom. The Balaban J connectivity index is 1.74. The van der Waals surface area contributed by atoms with Crippen molar-refractivity contribution >= 4 is 23.2 Å². The summed E-state index contributed by atoms with van der Waals surface area (Å²) in [7, 11) is 0. The summed E-state index contributed by atoms with van der Waals surface area (Å²) in [4.78, 5) is 4.39. The second kappa shape index (κ2) is 4.74. The van der Waals surface area contributed by atoms with Gasteiger partial charge in [-0.1, -0.05) is 11.6 Å². The van der Waals surface area contributed by atoms with E-state index in [4.69, 9.17) is 11.6 Å². The monoisotopic (exact) mass is 266 g/mol. The van der Waals surface area contributed by atoms with E-state index in [0.717, 1.165) is 31.3 Å². The number of aromatic nitrogens is 3. The first-order chi connectivity index (χ1) is 8.70. The lowest BCUT2D eigenvalue weighted by Gasteiger charge is -2.25. The molecule has 2 aromatic rings. The first kappa shape index (κ1) is 11.7. The number of anilines is 1. The minimum atomic E-state index is -0.143. The summed E-state index contributed by atoms with van der Waals surface area (Å²) in [5, 5.41) is 17.7. The highest BCUT2D eigenvalue weighted by Gasteiger charge is 2.20. The number of nitrogens with zero attached hydrogens (tertiary/aromatic N) is 3. The molecule has 2 N–H and O–H groups in total. The molecule has 0 unspecified atom stereocenters. The molecule has 3 rings (SSSR count). The zero-order valence-electron chi connectivity index (χ0n) is 9.88. The lowest BCUT2D eigenvalue weighted by atomic mass is 9.93. The van der Waals surface area contributed by atoms with Crippen LogP contribution < -0.4 is 5.32 Å². The van der Waals surface area contributed by atoms with Crippen LogP contribution in [0.15, 0.2) is 18.3 Å². The van der Waals surface area contributed by atoms with Crippen molar-refractivity contribution in [2.45, 2.75) is 37.8 Å². The van der Waals surface area contributed by atoms with Gasteiger partial charge in [0.05, 0.1) is 11.1 Å². The Morgan fingerprint density at radius 2 is 2.06 bits per heavy atom. The van der Waals surface area contributed by atoms with Crippen LogP contribution in [0.5, 0.6) is 0 Å². The molecule has 0 radical (unpaired) electrons. The first-order valence-corrected chi connectivity index (χ1v) is 6.55. The van der Waals surface area contributed by atoms with Gasteiger partial charge in [-0.2, -0.15) is 4.98 Å². The van der Waals surface area contributed by atoms with Crippen LogP contribution in [-0.4, -0.2) is 31.9 Å². The molecule has 5 nitrogen and oxygen atoms in total. The predicted molar refractivity (Wildman–Crippen MR) is 69.9 cm³/mol. The van der Waals surface area contributed by atoms with Gasteiger partial charge in [0.15, 0.2) is 5.65 Å². The highest BCUT2D eigenvalue weighted by Crippen LogP contribution is 2.21. The fourth-order valence-corrected chi connectivity index (χ4v) is 2.48. The van der Waals surface area contributed by atoms with E-state index in [2.05, 4.69) is 15.4 Å². The molecule has 0 saturated heterocycles. The molecule has 18 heavy (non-hydrogen) atoms. The largest absolute Gasteiger partial charge is 0.393 e. The Bertz CT molecular complexity index is 548. The normalized spacial score (nSPS) is 24.3. The van der Waals surface area contributed by atoms with Gasteiger partial charge in [0.1, 0.15) is 0 Å². The molecule has 2 aromatic heterocycles. The molecule has 0 spiro atoms. The number of hydrogen-bond acceptors (Lipinski definition) is 4. The van der Waals surface area contributed by atoms with Crippen molar-refractivity contribution in [2.24, 2.45) is 0 Å². The summed E-state index contributed by atoms with van der Waals surface area (Å²) in [6.45, 7) is 0. The number of nitrogens with one attached hydrogen (secondary N) is 1. The van der Waals surface area contributed by atoms with Gasteiger partial charge in [-0.25, -0.2) is 4.52 Å². The third-order valence-electron chi connectivity index (χ3n) is 3.32. The van der Waals surface area contributed by atoms with Gasteiger partial charge in [0.2, 0.25) is 5.95 Å². The molecular weight excluding hydrogens is 252 g/mol. The van der Waals surface area contributed by atoms with Crippen LogP contribution >= 0.6 is 11.6 Å². The van der Waals surface area contributed by atoms with Crippen molar-refractivity contribution in [3.63, 3.8) is 0 Å². The molecule has 0 aliphatic heterocycles. The van der Waals surface area contributed by atoms with Crippen LogP contribution in [0.25, 0.3) is 5.65 Å². The maximum absolute atomic E-state index is 9.46. The molecule has 1 aliphatic rings. The Labute approximate surface area is 110 Å². The minimum Gasteiger partial charge on any atom is -0.393 e. The van der Waals surface area contributed by atoms with Gasteiger partial charge >= 0.3 is 0 Å². The van der Waals surface area contributed by atoms with Crippen molar-refractivity contribution in [3.05, 3.63) is 23.4 Å². The summed E-state index contributed by atoms with van der Waals surface area (Å²) < 4.78 is 1.67. The van der Waals surface area contributed by atoms with Crippen molar-refractivity contribution in [1.29, 1.82) is 0 Å². The standard InChI is InChI=1S/C12H15ClN4O/c13-8-1-6-11-15-12(16-17(11)7-8)14-9-2-4-10(18)5-3-9/h1,6-7,9-10,18H,2-5H2,(H,14,16). The van der Waals surface area contributed by atoms with Crippen LogP contribution in [0.1, 0.15) is 25.7 Å². The summed E-state index contributed by atoms with van der Waals surface area (Å²) in [5.74, 6) is 0.624. The van der Waals surface area contributed by atoms with E-state index in [-0.39, 0.29) is 6.10 Å². The quantitative estimate of drug-likeness (QED) is 0.874. The SMILES string of the molecule is OC1CCC(Nc2nc3ccc(Cl)cn3n2)CC1. The fourth-order valence-electron chi connectivity index (χ4n) is 2.32. The molecule has 1 saturated carbocycles. The van der Waals surface area contributed by atoms with Gasteiger partial charge < -0.3 is 10.4 Å². The number of hydrogen-bond donors (Lipinski definition) is 2. The van der Waals surface area contributed by atoms with Crippen LogP contribution in [-0.2, 0) is 0 Å². The van der Waals surface area contributed by atoms with Crippen LogP contribution in [0.4, 0.5) is 5.95 Å². The Morgan fingerprint density at radius 3 is 2.83 bits per heavy atom. The molecule has 1 fully saturated rings. The summed E-state index contributed by atoms with van der Waals surface area (Å²) >= 11 is 5.90. The molecular formula is C12H15ClN4O. The number of rotatable bonds is 2. The average Bonchev–Trinajstić information content (AvgIpc) is 2.73. The van der Waals surface area contributed by atoms with Gasteiger partial charge in [0, 0.05) is 12.2 Å². The maximum atomic E-state index is 9.46. The molecule has 2 heterocycles. The number of aliphatic hydroxyl groups is 1. The predicted octanol–water partition coefficient (Wildman–Crippen LogP) is 2.10. The molecule has 0 atom stereocenters. The lowest BCUT2D eigenvalue weighted by molar-refractivity contribution is 0.126. The van der Waals surface area contributed by atoms with Gasteiger partial charge in [-0.15, -0.1) is 5.10 Å². The van der Waals surface area contributed by atoms with Crippen molar-refractivity contribution < 1.29 is 5.11 Å². The topological polar surface area (TPSA) is 62.5 Å². The van der Waals surface area contributed by atoms with E-state index >= 15 is 0 Å². The molecule has 96 valence electrons. The average molecular weight is 267 g/mol. The second-order valence-electron chi connectivity index (χ2n) is 4.74. The summed E-state index contributed by atoms with van der Waals surface area (Å²) in [5.41, 5.74) is 0.776. The third kappa shape index (κ3) is 2.42. The van der Waals surface area contributed by atoms with Gasteiger partial charge in [-0.3, -0.25) is 0 Å². The van der Waals surface area contributed by atoms with Crippen LogP contribution in [0, 0.1) is 0 Å². The van der Waals surface area contributed by atoms with E-state index in [9.17, 15) is 5.11 Å². The highest BCUT2D eigenvalue weighted by molar-refractivity contribution is 6.30. The number of halogens is 1. The molecule has 0 aromatic carbocycles. The first-order valence-electron chi connectivity index (χ1n) is 6.17. The fraction of sp³-hybridized carbons (Fsp3) is 0.500. The van der Waals surface area contributed by atoms with E-state index in [0.29, 0.717) is 17.0 Å². The molecule has 6 heteroatoms. The van der Waals surface area contributed by atoms with Crippen molar-refractivity contribution in [2.75, 3.05) is 5.32 Å². The number of pyridine rings is 1. The van der Waals surface area contributed by atoms with Crippen molar-refractivity contribution in [1.82, 2.24) is 14.6 Å². The van der Waals surface area contributed by atoms with Gasteiger partial charge in [-0.05, 0) is 37.8 Å². The maximum Gasteiger partial charge on any atom is 0.243 e.